The van der Waals surface area contributed by atoms with Gasteiger partial charge >= 0.3 is 0 Å². The Labute approximate surface area is 220 Å². The number of benzene rings is 1. The van der Waals surface area contributed by atoms with E-state index in [1.54, 1.807) is 28.6 Å². The quantitative estimate of drug-likeness (QED) is 0.494. The maximum Gasteiger partial charge on any atom is 0.243 e. The topological polar surface area (TPSA) is 95.6 Å². The van der Waals surface area contributed by atoms with Gasteiger partial charge in [0.2, 0.25) is 21.8 Å². The number of amides is 2. The van der Waals surface area contributed by atoms with Gasteiger partial charge in [-0.05, 0) is 123 Å². The highest BCUT2D eigenvalue weighted by molar-refractivity contribution is 7.89. The van der Waals surface area contributed by atoms with Crippen molar-refractivity contribution in [2.24, 2.45) is 35.0 Å². The molecule has 6 fully saturated rings. The lowest BCUT2D eigenvalue weighted by Gasteiger charge is -2.57. The number of fused-ring (bicyclic) bond motifs is 1. The molecule has 0 aromatic heterocycles. The number of hydrogen-bond acceptors (Lipinski definition) is 4. The van der Waals surface area contributed by atoms with E-state index in [2.05, 4.69) is 17.2 Å². The van der Waals surface area contributed by atoms with Crippen molar-refractivity contribution in [3.63, 3.8) is 0 Å². The molecule has 1 saturated heterocycles. The van der Waals surface area contributed by atoms with E-state index in [9.17, 15) is 18.0 Å². The summed E-state index contributed by atoms with van der Waals surface area (Å²) in [6.45, 7) is 4.46. The summed E-state index contributed by atoms with van der Waals surface area (Å²) in [7, 11) is -3.59. The predicted molar refractivity (Wildman–Crippen MR) is 142 cm³/mol. The summed E-state index contributed by atoms with van der Waals surface area (Å²) in [5.74, 6) is 3.04. The van der Waals surface area contributed by atoms with Gasteiger partial charge in [-0.25, -0.2) is 8.42 Å². The van der Waals surface area contributed by atoms with Crippen LogP contribution in [0.3, 0.4) is 0 Å². The summed E-state index contributed by atoms with van der Waals surface area (Å²) in [4.78, 5) is 24.6. The zero-order valence-corrected chi connectivity index (χ0v) is 22.3. The average molecular weight is 526 g/mol. The lowest BCUT2D eigenvalue weighted by Crippen LogP contribution is -2.46. The Hall–Kier alpha value is -2.19. The van der Waals surface area contributed by atoms with Gasteiger partial charge in [-0.1, -0.05) is 6.58 Å². The molecule has 1 aromatic rings. The minimum atomic E-state index is -3.59. The van der Waals surface area contributed by atoms with Gasteiger partial charge in [0.25, 0.3) is 0 Å². The summed E-state index contributed by atoms with van der Waals surface area (Å²) < 4.78 is 28.1. The smallest absolute Gasteiger partial charge is 0.243 e. The molecule has 0 spiro atoms. The van der Waals surface area contributed by atoms with Crippen molar-refractivity contribution in [1.82, 2.24) is 9.62 Å². The van der Waals surface area contributed by atoms with Crippen LogP contribution in [-0.4, -0.2) is 43.7 Å². The molecule has 5 saturated carbocycles. The molecule has 1 aromatic carbocycles. The highest BCUT2D eigenvalue weighted by Gasteiger charge is 2.50. The molecule has 2 atom stereocenters. The Balaban J connectivity index is 1.01. The van der Waals surface area contributed by atoms with Gasteiger partial charge in [0.15, 0.2) is 0 Å². The van der Waals surface area contributed by atoms with Crippen LogP contribution in [0.15, 0.2) is 41.8 Å². The largest absolute Gasteiger partial charge is 0.350 e. The van der Waals surface area contributed by atoms with E-state index in [-0.39, 0.29) is 34.6 Å². The van der Waals surface area contributed by atoms with Crippen molar-refractivity contribution in [3.05, 3.63) is 36.9 Å². The zero-order valence-electron chi connectivity index (χ0n) is 21.5. The molecule has 37 heavy (non-hydrogen) atoms. The molecular weight excluding hydrogens is 486 g/mol. The Bertz CT molecular complexity index is 1130. The maximum atomic E-state index is 13.3. The number of anilines is 1. The van der Waals surface area contributed by atoms with Crippen molar-refractivity contribution in [2.75, 3.05) is 18.4 Å². The number of carbonyl (C=O) groups excluding carboxylic acids is 2. The first-order chi connectivity index (χ1) is 17.7. The predicted octanol–water partition coefficient (Wildman–Crippen LogP) is 4.32. The van der Waals surface area contributed by atoms with Gasteiger partial charge in [-0.15, -0.1) is 0 Å². The van der Waals surface area contributed by atoms with E-state index in [0.717, 1.165) is 37.0 Å². The Kier molecular flexibility index (Phi) is 6.46. The molecule has 2 amide bonds. The number of nitrogens with one attached hydrogen (secondary N) is 2. The first-order valence-corrected chi connectivity index (χ1v) is 15.5. The highest BCUT2D eigenvalue weighted by Crippen LogP contribution is 2.61. The van der Waals surface area contributed by atoms with E-state index < -0.39 is 10.0 Å². The van der Waals surface area contributed by atoms with Crippen molar-refractivity contribution >= 4 is 27.5 Å². The van der Waals surface area contributed by atoms with Crippen LogP contribution in [-0.2, 0) is 19.6 Å². The van der Waals surface area contributed by atoms with Crippen LogP contribution in [0.25, 0.3) is 0 Å². The van der Waals surface area contributed by atoms with Crippen LogP contribution >= 0.6 is 0 Å². The third kappa shape index (κ3) is 4.99. The van der Waals surface area contributed by atoms with Crippen LogP contribution in [0.5, 0.6) is 0 Å². The molecule has 2 N–H and O–H groups in total. The van der Waals surface area contributed by atoms with Crippen LogP contribution in [0.4, 0.5) is 5.69 Å². The minimum absolute atomic E-state index is 0.0248. The lowest BCUT2D eigenvalue weighted by atomic mass is 9.48. The Morgan fingerprint density at radius 1 is 0.946 bits per heavy atom. The van der Waals surface area contributed by atoms with Crippen molar-refractivity contribution in [1.29, 1.82) is 0 Å². The normalized spacial score (nSPS) is 36.3. The van der Waals surface area contributed by atoms with E-state index >= 15 is 0 Å². The van der Waals surface area contributed by atoms with Crippen molar-refractivity contribution < 1.29 is 18.0 Å². The molecule has 6 aliphatic rings. The second-order valence-electron chi connectivity index (χ2n) is 12.7. The molecule has 0 radical (unpaired) electrons. The highest BCUT2D eigenvalue weighted by atomic mass is 32.2. The van der Waals surface area contributed by atoms with E-state index in [1.807, 2.05) is 0 Å². The molecule has 4 bridgehead atoms. The molecule has 1 heterocycles. The third-order valence-electron chi connectivity index (χ3n) is 10.1. The molecule has 8 heteroatoms. The molecular formula is C29H39N3O4S. The second kappa shape index (κ2) is 9.53. The average Bonchev–Trinajstić information content (AvgIpc) is 3.42. The van der Waals surface area contributed by atoms with Gasteiger partial charge < -0.3 is 10.6 Å². The Morgan fingerprint density at radius 3 is 2.05 bits per heavy atom. The number of hydrogen-bond donors (Lipinski definition) is 2. The van der Waals surface area contributed by atoms with Gasteiger partial charge in [-0.3, -0.25) is 9.59 Å². The van der Waals surface area contributed by atoms with E-state index in [0.29, 0.717) is 30.6 Å². The summed E-state index contributed by atoms with van der Waals surface area (Å²) in [6, 6.07) is 6.70. The van der Waals surface area contributed by atoms with Gasteiger partial charge in [-0.2, -0.15) is 4.31 Å². The van der Waals surface area contributed by atoms with Crippen LogP contribution < -0.4 is 10.6 Å². The summed E-state index contributed by atoms with van der Waals surface area (Å²) in [5, 5.41) is 5.94. The molecule has 7 nitrogen and oxygen atoms in total. The lowest BCUT2D eigenvalue weighted by molar-refractivity contribution is -0.119. The molecule has 2 unspecified atom stereocenters. The summed E-state index contributed by atoms with van der Waals surface area (Å²) >= 11 is 0. The van der Waals surface area contributed by atoms with Crippen molar-refractivity contribution in [2.45, 2.75) is 75.1 Å². The summed E-state index contributed by atoms with van der Waals surface area (Å²) in [5.41, 5.74) is 1.03. The van der Waals surface area contributed by atoms with Gasteiger partial charge in [0.05, 0.1) is 4.90 Å². The third-order valence-corrected chi connectivity index (χ3v) is 11.9. The maximum absolute atomic E-state index is 13.3. The fourth-order valence-corrected chi connectivity index (χ4v) is 10.4. The number of sulfonamides is 1. The number of rotatable bonds is 8. The second-order valence-corrected chi connectivity index (χ2v) is 14.7. The standard InChI is InChI=1S/C29H39N3O4S/c1-2-27(33)31-25-12-22-17-32(18-23(22)13-25)37(35,36)26-5-3-24(4-6-26)30-28(34)7-8-29-14-19-9-20(15-29)11-21(10-19)16-29/h2-6,19-23,25H,1,7-18H2,(H,30,34)(H,31,33). The zero-order chi connectivity index (χ0) is 25.8. The first kappa shape index (κ1) is 25.1. The molecule has 1 aliphatic heterocycles. The van der Waals surface area contributed by atoms with E-state index in [1.165, 1.54) is 44.6 Å². The van der Waals surface area contributed by atoms with Gasteiger partial charge in [0.1, 0.15) is 0 Å². The molecule has 7 rings (SSSR count). The monoisotopic (exact) mass is 525 g/mol. The minimum Gasteiger partial charge on any atom is -0.350 e. The summed E-state index contributed by atoms with van der Waals surface area (Å²) in [6.07, 6.45) is 12.5. The Morgan fingerprint density at radius 2 is 1.51 bits per heavy atom. The van der Waals surface area contributed by atoms with Crippen LogP contribution in [0.1, 0.15) is 64.2 Å². The van der Waals surface area contributed by atoms with Crippen LogP contribution in [0.2, 0.25) is 0 Å². The van der Waals surface area contributed by atoms with Crippen molar-refractivity contribution in [3.8, 4) is 0 Å². The first-order valence-electron chi connectivity index (χ1n) is 14.0. The van der Waals surface area contributed by atoms with E-state index in [4.69, 9.17) is 0 Å². The molecule has 200 valence electrons. The fraction of sp³-hybridized carbons (Fsp3) is 0.655. The molecule has 5 aliphatic carbocycles. The number of nitrogens with zero attached hydrogens (tertiary/aromatic N) is 1. The van der Waals surface area contributed by atoms with Crippen LogP contribution in [0, 0.1) is 35.0 Å². The SMILES string of the molecule is C=CC(=O)NC1CC2CN(S(=O)(=O)c3ccc(NC(=O)CCC45CC6CC(CC(C6)C4)C5)cc3)CC2C1. The van der Waals surface area contributed by atoms with Gasteiger partial charge in [0, 0.05) is 31.2 Å². The fourth-order valence-electron chi connectivity index (χ4n) is 8.89. The number of carbonyl (C=O) groups is 2.